The normalized spacial score (nSPS) is 11.0. The van der Waals surface area contributed by atoms with Crippen LogP contribution in [0.25, 0.3) is 5.65 Å². The van der Waals surface area contributed by atoms with E-state index in [1.54, 1.807) is 22.8 Å². The van der Waals surface area contributed by atoms with Gasteiger partial charge in [0.1, 0.15) is 0 Å². The van der Waals surface area contributed by atoms with Crippen molar-refractivity contribution in [2.75, 3.05) is 6.54 Å². The van der Waals surface area contributed by atoms with E-state index in [2.05, 4.69) is 10.1 Å². The van der Waals surface area contributed by atoms with Gasteiger partial charge in [-0.05, 0) is 19.0 Å². The highest BCUT2D eigenvalue weighted by molar-refractivity contribution is 6.30. The molecular weight excluding hydrogens is 200 g/mol. The monoisotopic (exact) mass is 210 g/mol. The maximum absolute atomic E-state index is 5.83. The Hall–Kier alpha value is -1.13. The van der Waals surface area contributed by atoms with Crippen LogP contribution in [-0.4, -0.2) is 21.1 Å². The zero-order valence-electron chi connectivity index (χ0n) is 7.65. The lowest BCUT2D eigenvalue weighted by Gasteiger charge is -1.89. The van der Waals surface area contributed by atoms with E-state index in [1.807, 2.05) is 0 Å². The van der Waals surface area contributed by atoms with E-state index in [-0.39, 0.29) is 0 Å². The van der Waals surface area contributed by atoms with Gasteiger partial charge in [0.05, 0.1) is 0 Å². The fourth-order valence-corrected chi connectivity index (χ4v) is 1.42. The van der Waals surface area contributed by atoms with Gasteiger partial charge in [-0.25, -0.2) is 9.50 Å². The molecule has 0 atom stereocenters. The molecule has 0 aromatic carbocycles. The lowest BCUT2D eigenvalue weighted by Crippen LogP contribution is -2.01. The third-order valence-corrected chi connectivity index (χ3v) is 2.18. The Kier molecular flexibility index (Phi) is 2.65. The molecule has 0 saturated carbocycles. The molecule has 0 radical (unpaired) electrons. The lowest BCUT2D eigenvalue weighted by atomic mass is 10.3. The van der Waals surface area contributed by atoms with E-state index < -0.39 is 0 Å². The smallest absolute Gasteiger partial charge is 0.157 e. The quantitative estimate of drug-likeness (QED) is 0.830. The van der Waals surface area contributed by atoms with E-state index in [9.17, 15) is 0 Å². The predicted octanol–water partition coefficient (Wildman–Crippen LogP) is 1.27. The molecule has 5 heteroatoms. The Bertz CT molecular complexity index is 437. The topological polar surface area (TPSA) is 56.2 Å². The largest absolute Gasteiger partial charge is 0.330 e. The van der Waals surface area contributed by atoms with Crippen molar-refractivity contribution in [2.24, 2.45) is 5.73 Å². The molecule has 2 aromatic rings. The van der Waals surface area contributed by atoms with Crippen LogP contribution in [-0.2, 0) is 6.42 Å². The Balaban J connectivity index is 2.32. The fraction of sp³-hybridized carbons (Fsp3) is 0.333. The van der Waals surface area contributed by atoms with Crippen molar-refractivity contribution in [2.45, 2.75) is 12.8 Å². The summed E-state index contributed by atoms with van der Waals surface area (Å²) < 4.78 is 1.72. The molecule has 0 aliphatic carbocycles. The highest BCUT2D eigenvalue weighted by Crippen LogP contribution is 2.10. The number of pyridine rings is 1. The van der Waals surface area contributed by atoms with Crippen LogP contribution in [0.3, 0.4) is 0 Å². The Morgan fingerprint density at radius 3 is 3.14 bits per heavy atom. The molecule has 0 spiro atoms. The van der Waals surface area contributed by atoms with E-state index in [1.165, 1.54) is 0 Å². The molecule has 2 aromatic heterocycles. The maximum Gasteiger partial charge on any atom is 0.157 e. The predicted molar refractivity (Wildman–Crippen MR) is 55.4 cm³/mol. The second kappa shape index (κ2) is 3.94. The number of fused-ring (bicyclic) bond motifs is 1. The summed E-state index contributed by atoms with van der Waals surface area (Å²) in [6.07, 6.45) is 3.52. The molecule has 14 heavy (non-hydrogen) atoms. The lowest BCUT2D eigenvalue weighted by molar-refractivity contribution is 0.774. The highest BCUT2D eigenvalue weighted by atomic mass is 35.5. The summed E-state index contributed by atoms with van der Waals surface area (Å²) in [6, 6.07) is 3.58. The molecule has 0 aliphatic rings. The molecule has 74 valence electrons. The van der Waals surface area contributed by atoms with Gasteiger partial charge in [-0.2, -0.15) is 5.10 Å². The Labute approximate surface area is 86.7 Å². The highest BCUT2D eigenvalue weighted by Gasteiger charge is 2.02. The molecule has 0 amide bonds. The molecule has 2 N–H and O–H groups in total. The second-order valence-electron chi connectivity index (χ2n) is 3.07. The van der Waals surface area contributed by atoms with Crippen molar-refractivity contribution in [1.82, 2.24) is 14.6 Å². The number of halogens is 1. The van der Waals surface area contributed by atoms with Crippen LogP contribution in [0.2, 0.25) is 5.02 Å². The molecule has 0 bridgehead atoms. The van der Waals surface area contributed by atoms with Gasteiger partial charge in [0.15, 0.2) is 11.5 Å². The van der Waals surface area contributed by atoms with Crippen LogP contribution in [0.15, 0.2) is 18.3 Å². The first-order valence-corrected chi connectivity index (χ1v) is 4.88. The Morgan fingerprint density at radius 1 is 1.50 bits per heavy atom. The minimum atomic E-state index is 0.663. The minimum absolute atomic E-state index is 0.663. The van der Waals surface area contributed by atoms with Gasteiger partial charge < -0.3 is 5.73 Å². The van der Waals surface area contributed by atoms with Crippen molar-refractivity contribution in [3.05, 3.63) is 29.2 Å². The van der Waals surface area contributed by atoms with Crippen molar-refractivity contribution < 1.29 is 0 Å². The number of rotatable bonds is 3. The van der Waals surface area contributed by atoms with E-state index in [0.717, 1.165) is 24.3 Å². The van der Waals surface area contributed by atoms with Gasteiger partial charge in [0, 0.05) is 23.7 Å². The summed E-state index contributed by atoms with van der Waals surface area (Å²) >= 11 is 5.83. The molecule has 4 nitrogen and oxygen atoms in total. The zero-order valence-corrected chi connectivity index (χ0v) is 8.41. The van der Waals surface area contributed by atoms with Crippen molar-refractivity contribution in [3.8, 4) is 0 Å². The molecule has 0 unspecified atom stereocenters. The van der Waals surface area contributed by atoms with Crippen LogP contribution >= 0.6 is 11.6 Å². The van der Waals surface area contributed by atoms with Crippen LogP contribution in [0.1, 0.15) is 12.2 Å². The summed E-state index contributed by atoms with van der Waals surface area (Å²) in [6.45, 7) is 0.663. The van der Waals surface area contributed by atoms with Crippen LogP contribution in [0.4, 0.5) is 0 Å². The van der Waals surface area contributed by atoms with Crippen LogP contribution in [0.5, 0.6) is 0 Å². The first-order chi connectivity index (χ1) is 6.79. The SMILES string of the molecule is NCCCc1nc2cc(Cl)ccn2n1. The molecular formula is C9H11ClN4. The van der Waals surface area contributed by atoms with Gasteiger partial charge in [0.25, 0.3) is 0 Å². The summed E-state index contributed by atoms with van der Waals surface area (Å²) in [5, 5.41) is 4.96. The van der Waals surface area contributed by atoms with Gasteiger partial charge in [-0.3, -0.25) is 0 Å². The van der Waals surface area contributed by atoms with Gasteiger partial charge in [0.2, 0.25) is 0 Å². The summed E-state index contributed by atoms with van der Waals surface area (Å²) in [5.74, 6) is 0.817. The maximum atomic E-state index is 5.83. The number of aryl methyl sites for hydroxylation is 1. The van der Waals surface area contributed by atoms with Crippen molar-refractivity contribution >= 4 is 17.2 Å². The zero-order chi connectivity index (χ0) is 9.97. The van der Waals surface area contributed by atoms with E-state index in [4.69, 9.17) is 17.3 Å². The molecule has 0 fully saturated rings. The van der Waals surface area contributed by atoms with Crippen LogP contribution < -0.4 is 5.73 Å². The Morgan fingerprint density at radius 2 is 2.36 bits per heavy atom. The second-order valence-corrected chi connectivity index (χ2v) is 3.50. The summed E-state index contributed by atoms with van der Waals surface area (Å²) in [4.78, 5) is 4.32. The summed E-state index contributed by atoms with van der Waals surface area (Å²) in [5.41, 5.74) is 6.19. The van der Waals surface area contributed by atoms with Gasteiger partial charge in [-0.15, -0.1) is 0 Å². The standard InChI is InChI=1S/C9H11ClN4/c10-7-3-5-14-9(6-7)12-8(13-14)2-1-4-11/h3,5-6H,1-2,4,11H2. The number of nitrogens with two attached hydrogens (primary N) is 1. The third kappa shape index (κ3) is 1.86. The molecule has 0 saturated heterocycles. The molecule has 2 rings (SSSR count). The van der Waals surface area contributed by atoms with E-state index in [0.29, 0.717) is 11.6 Å². The number of aromatic nitrogens is 3. The number of nitrogens with zero attached hydrogens (tertiary/aromatic N) is 3. The van der Waals surface area contributed by atoms with E-state index >= 15 is 0 Å². The number of hydrogen-bond donors (Lipinski definition) is 1. The fourth-order valence-electron chi connectivity index (χ4n) is 1.27. The van der Waals surface area contributed by atoms with Gasteiger partial charge in [-0.1, -0.05) is 11.6 Å². The van der Waals surface area contributed by atoms with Crippen molar-refractivity contribution in [1.29, 1.82) is 0 Å². The van der Waals surface area contributed by atoms with Gasteiger partial charge >= 0.3 is 0 Å². The molecule has 2 heterocycles. The minimum Gasteiger partial charge on any atom is -0.330 e. The summed E-state index contributed by atoms with van der Waals surface area (Å²) in [7, 11) is 0. The number of hydrogen-bond acceptors (Lipinski definition) is 3. The first-order valence-electron chi connectivity index (χ1n) is 4.50. The average Bonchev–Trinajstić information content (AvgIpc) is 2.56. The van der Waals surface area contributed by atoms with Crippen LogP contribution in [0, 0.1) is 0 Å². The third-order valence-electron chi connectivity index (χ3n) is 1.95. The first kappa shape index (κ1) is 9.43. The van der Waals surface area contributed by atoms with Crippen molar-refractivity contribution in [3.63, 3.8) is 0 Å². The average molecular weight is 211 g/mol. The molecule has 0 aliphatic heterocycles.